The molecule has 1 aliphatic carbocycles. The molecule has 1 heterocycles. The molecule has 0 bridgehead atoms. The monoisotopic (exact) mass is 353 g/mol. The lowest BCUT2D eigenvalue weighted by Crippen LogP contribution is -2.24. The molecule has 0 radical (unpaired) electrons. The number of fused-ring (bicyclic) bond motifs is 1. The summed E-state index contributed by atoms with van der Waals surface area (Å²) >= 11 is 1.58. The maximum absolute atomic E-state index is 12.3. The second-order valence-corrected chi connectivity index (χ2v) is 7.65. The maximum atomic E-state index is 12.3. The molecule has 2 aromatic rings. The van der Waals surface area contributed by atoms with E-state index in [-0.39, 0.29) is 5.91 Å². The van der Waals surface area contributed by atoms with E-state index >= 15 is 0 Å². The zero-order chi connectivity index (χ0) is 17.6. The molecule has 1 aromatic carbocycles. The highest BCUT2D eigenvalue weighted by Crippen LogP contribution is 2.37. The molecule has 3 rings (SSSR count). The summed E-state index contributed by atoms with van der Waals surface area (Å²) in [5.74, 6) is -0.0185. The second-order valence-electron chi connectivity index (χ2n) is 6.55. The van der Waals surface area contributed by atoms with Gasteiger partial charge in [-0.3, -0.25) is 4.79 Å². The molecule has 4 nitrogen and oxygen atoms in total. The van der Waals surface area contributed by atoms with E-state index in [1.165, 1.54) is 16.9 Å². The zero-order valence-electron chi connectivity index (χ0n) is 14.5. The smallest absolute Gasteiger partial charge is 0.226 e. The number of nitrogens with one attached hydrogen (secondary N) is 1. The van der Waals surface area contributed by atoms with Gasteiger partial charge in [-0.2, -0.15) is 5.26 Å². The number of amides is 1. The quantitative estimate of drug-likeness (QED) is 0.855. The number of carbonyl (C=O) groups excluding carboxylic acids is 1. The summed E-state index contributed by atoms with van der Waals surface area (Å²) in [4.78, 5) is 15.7. The number of nitriles is 1. The summed E-state index contributed by atoms with van der Waals surface area (Å²) in [6.45, 7) is 1.51. The van der Waals surface area contributed by atoms with Crippen molar-refractivity contribution in [3.05, 3.63) is 51.9 Å². The molecule has 0 aliphatic heterocycles. The summed E-state index contributed by atoms with van der Waals surface area (Å²) in [5.41, 5.74) is 3.09. The van der Waals surface area contributed by atoms with Crippen LogP contribution in [0.4, 0.5) is 5.00 Å². The molecule has 1 aromatic heterocycles. The van der Waals surface area contributed by atoms with Gasteiger partial charge in [-0.15, -0.1) is 11.3 Å². The van der Waals surface area contributed by atoms with Gasteiger partial charge in [0.25, 0.3) is 0 Å². The lowest BCUT2D eigenvalue weighted by Gasteiger charge is -2.16. The van der Waals surface area contributed by atoms with E-state index in [2.05, 4.69) is 28.4 Å². The Morgan fingerprint density at radius 1 is 1.28 bits per heavy atom. The summed E-state index contributed by atoms with van der Waals surface area (Å²) in [6.07, 6.45) is 4.73. The predicted molar refractivity (Wildman–Crippen MR) is 102 cm³/mol. The third-order valence-corrected chi connectivity index (χ3v) is 5.76. The maximum Gasteiger partial charge on any atom is 0.226 e. The molecule has 25 heavy (non-hydrogen) atoms. The van der Waals surface area contributed by atoms with E-state index in [1.807, 2.05) is 25.2 Å². The first kappa shape index (κ1) is 17.7. The Bertz CT molecular complexity index is 776. The highest BCUT2D eigenvalue weighted by Gasteiger charge is 2.21. The van der Waals surface area contributed by atoms with Crippen LogP contribution in [-0.4, -0.2) is 24.4 Å². The van der Waals surface area contributed by atoms with Crippen molar-refractivity contribution < 1.29 is 4.79 Å². The van der Waals surface area contributed by atoms with Gasteiger partial charge in [0.15, 0.2) is 0 Å². The minimum Gasteiger partial charge on any atom is -0.317 e. The molecule has 0 spiro atoms. The van der Waals surface area contributed by atoms with E-state index in [0.717, 1.165) is 36.4 Å². The Labute approximate surface area is 153 Å². The van der Waals surface area contributed by atoms with Crippen molar-refractivity contribution in [2.75, 3.05) is 18.9 Å². The van der Waals surface area contributed by atoms with Crippen LogP contribution in [0, 0.1) is 11.3 Å². The minimum absolute atomic E-state index is 0.0185. The summed E-state index contributed by atoms with van der Waals surface area (Å²) in [6, 6.07) is 12.5. The molecular formula is C20H23N3OS. The number of nitrogens with zero attached hydrogens (tertiary/aromatic N) is 2. The Kier molecular flexibility index (Phi) is 5.85. The van der Waals surface area contributed by atoms with Crippen LogP contribution < -0.4 is 5.32 Å². The van der Waals surface area contributed by atoms with E-state index < -0.39 is 0 Å². The van der Waals surface area contributed by atoms with E-state index in [9.17, 15) is 10.1 Å². The molecule has 130 valence electrons. The van der Waals surface area contributed by atoms with Gasteiger partial charge in [0, 0.05) is 24.4 Å². The van der Waals surface area contributed by atoms with Gasteiger partial charge >= 0.3 is 0 Å². The average Bonchev–Trinajstić information content (AvgIpc) is 2.97. The topological polar surface area (TPSA) is 56.1 Å². The van der Waals surface area contributed by atoms with Crippen molar-refractivity contribution >= 4 is 22.2 Å². The number of hydrogen-bond donors (Lipinski definition) is 1. The third-order valence-electron chi connectivity index (χ3n) is 4.55. The van der Waals surface area contributed by atoms with Crippen LogP contribution in [0.2, 0.25) is 0 Å². The lowest BCUT2D eigenvalue weighted by molar-refractivity contribution is -0.116. The molecule has 1 N–H and O–H groups in total. The van der Waals surface area contributed by atoms with Gasteiger partial charge in [-0.05, 0) is 43.9 Å². The Morgan fingerprint density at radius 2 is 2.04 bits per heavy atom. The van der Waals surface area contributed by atoms with Crippen LogP contribution in [0.25, 0.3) is 0 Å². The lowest BCUT2D eigenvalue weighted by atomic mass is 9.96. The van der Waals surface area contributed by atoms with Crippen molar-refractivity contribution in [1.29, 1.82) is 5.26 Å². The number of hydrogen-bond acceptors (Lipinski definition) is 4. The fraction of sp³-hybridized carbons (Fsp3) is 0.400. The number of carbonyl (C=O) groups is 1. The van der Waals surface area contributed by atoms with Crippen molar-refractivity contribution in [2.45, 2.75) is 38.6 Å². The van der Waals surface area contributed by atoms with Gasteiger partial charge in [0.2, 0.25) is 5.91 Å². The molecule has 5 heteroatoms. The van der Waals surface area contributed by atoms with Crippen LogP contribution in [0.5, 0.6) is 0 Å². The second kappa shape index (κ2) is 8.28. The van der Waals surface area contributed by atoms with Crippen molar-refractivity contribution in [3.63, 3.8) is 0 Å². The molecule has 1 aliphatic rings. The fourth-order valence-electron chi connectivity index (χ4n) is 3.23. The standard InChI is InChI=1S/C20H23N3OS/c1-23(14-15-7-3-2-4-8-15)12-11-19(24)22-20-17(13-21)16-9-5-6-10-18(16)25-20/h2-4,7-8H,5-6,9-12,14H2,1H3,(H,22,24). The highest BCUT2D eigenvalue weighted by molar-refractivity contribution is 7.16. The molecule has 0 saturated carbocycles. The van der Waals surface area contributed by atoms with Gasteiger partial charge in [0.1, 0.15) is 11.1 Å². The molecule has 0 unspecified atom stereocenters. The first-order valence-corrected chi connectivity index (χ1v) is 9.56. The Balaban J connectivity index is 1.54. The van der Waals surface area contributed by atoms with E-state index in [0.29, 0.717) is 18.5 Å². The van der Waals surface area contributed by atoms with Gasteiger partial charge in [-0.1, -0.05) is 30.3 Å². The molecule has 0 atom stereocenters. The number of benzene rings is 1. The zero-order valence-corrected chi connectivity index (χ0v) is 15.4. The molecule has 1 amide bonds. The first-order valence-electron chi connectivity index (χ1n) is 8.74. The van der Waals surface area contributed by atoms with Crippen molar-refractivity contribution in [2.24, 2.45) is 0 Å². The largest absolute Gasteiger partial charge is 0.317 e. The number of rotatable bonds is 6. The SMILES string of the molecule is CN(CCC(=O)Nc1sc2c(c1C#N)CCCC2)Cc1ccccc1. The first-order chi connectivity index (χ1) is 12.2. The van der Waals surface area contributed by atoms with E-state index in [1.54, 1.807) is 11.3 Å². The normalized spacial score (nSPS) is 13.3. The molecule has 0 fully saturated rings. The highest BCUT2D eigenvalue weighted by atomic mass is 32.1. The number of anilines is 1. The number of thiophene rings is 1. The van der Waals surface area contributed by atoms with Crippen molar-refractivity contribution in [3.8, 4) is 6.07 Å². The third kappa shape index (κ3) is 4.47. The van der Waals surface area contributed by atoms with Crippen LogP contribution in [-0.2, 0) is 24.2 Å². The van der Waals surface area contributed by atoms with Gasteiger partial charge in [-0.25, -0.2) is 0 Å². The minimum atomic E-state index is -0.0185. The number of aryl methyl sites for hydroxylation is 1. The molecular weight excluding hydrogens is 330 g/mol. The Hall–Kier alpha value is -2.16. The van der Waals surface area contributed by atoms with E-state index in [4.69, 9.17) is 0 Å². The van der Waals surface area contributed by atoms with Crippen LogP contribution in [0.1, 0.15) is 40.8 Å². The summed E-state index contributed by atoms with van der Waals surface area (Å²) < 4.78 is 0. The van der Waals surface area contributed by atoms with Gasteiger partial charge in [0.05, 0.1) is 5.56 Å². The predicted octanol–water partition coefficient (Wildman–Crippen LogP) is 3.96. The average molecular weight is 353 g/mol. The summed E-state index contributed by atoms with van der Waals surface area (Å²) in [7, 11) is 2.02. The fourth-order valence-corrected chi connectivity index (χ4v) is 4.48. The van der Waals surface area contributed by atoms with Crippen LogP contribution in [0.15, 0.2) is 30.3 Å². The summed E-state index contributed by atoms with van der Waals surface area (Å²) in [5, 5.41) is 13.2. The van der Waals surface area contributed by atoms with Crippen LogP contribution in [0.3, 0.4) is 0 Å². The van der Waals surface area contributed by atoms with Gasteiger partial charge < -0.3 is 10.2 Å². The molecule has 0 saturated heterocycles. The Morgan fingerprint density at radius 3 is 2.80 bits per heavy atom. The van der Waals surface area contributed by atoms with Crippen LogP contribution >= 0.6 is 11.3 Å². The van der Waals surface area contributed by atoms with Crippen molar-refractivity contribution in [1.82, 2.24) is 4.90 Å².